The van der Waals surface area contributed by atoms with Crippen molar-refractivity contribution in [3.8, 4) is 11.5 Å². The molecular weight excluding hydrogens is 350 g/mol. The quantitative estimate of drug-likeness (QED) is 0.766. The van der Waals surface area contributed by atoms with Crippen LogP contribution in [0.25, 0.3) is 0 Å². The third kappa shape index (κ3) is 2.09. The number of fused-ring (bicyclic) bond motifs is 2. The highest BCUT2D eigenvalue weighted by Crippen LogP contribution is 2.77. The molecule has 3 fully saturated rings. The molecule has 0 bridgehead atoms. The summed E-state index contributed by atoms with van der Waals surface area (Å²) in [6.45, 7) is 8.26. The Hall–Kier alpha value is -1.26. The van der Waals surface area contributed by atoms with E-state index in [2.05, 4.69) is 31.7 Å². The number of ether oxygens (including phenoxy) is 2. The fourth-order valence-electron chi connectivity index (χ4n) is 7.61. The number of likely N-dealkylation sites (tertiary alicyclic amines) is 1. The first-order chi connectivity index (χ1) is 13.4. The van der Waals surface area contributed by atoms with Gasteiger partial charge in [0, 0.05) is 42.1 Å². The Labute approximate surface area is 169 Å². The molecule has 5 atom stereocenters. The number of benzene rings is 1. The number of phenolic OH excluding ortho intramolecular Hbond substituents is 1. The first-order valence-electron chi connectivity index (χ1n) is 11.1. The lowest BCUT2D eigenvalue weighted by molar-refractivity contribution is -0.299. The van der Waals surface area contributed by atoms with Gasteiger partial charge in [0.2, 0.25) is 0 Å². The minimum Gasteiger partial charge on any atom is -0.504 e. The molecule has 4 unspecified atom stereocenters. The van der Waals surface area contributed by atoms with Crippen molar-refractivity contribution >= 4 is 0 Å². The fourth-order valence-corrected chi connectivity index (χ4v) is 7.61. The second-order valence-corrected chi connectivity index (χ2v) is 10.2. The normalized spacial score (nSPS) is 36.9. The molecule has 3 aliphatic carbocycles. The molecule has 0 spiro atoms. The van der Waals surface area contributed by atoms with Gasteiger partial charge in [-0.3, -0.25) is 4.90 Å². The summed E-state index contributed by atoms with van der Waals surface area (Å²) < 4.78 is 11.3. The predicted octanol–water partition coefficient (Wildman–Crippen LogP) is 4.13. The summed E-state index contributed by atoms with van der Waals surface area (Å²) in [5.74, 6) is 2.48. The van der Waals surface area contributed by atoms with Gasteiger partial charge in [-0.15, -0.1) is 0 Å². The molecule has 0 aromatic heterocycles. The molecule has 5 rings (SSSR count). The third-order valence-corrected chi connectivity index (χ3v) is 8.77. The van der Waals surface area contributed by atoms with Crippen LogP contribution in [0.1, 0.15) is 57.6 Å². The van der Waals surface area contributed by atoms with Crippen molar-refractivity contribution in [2.75, 3.05) is 20.8 Å². The minimum absolute atomic E-state index is 0.0157. The van der Waals surface area contributed by atoms with Gasteiger partial charge in [0.1, 0.15) is 0 Å². The zero-order valence-corrected chi connectivity index (χ0v) is 18.0. The molecule has 0 amide bonds. The van der Waals surface area contributed by atoms with Crippen LogP contribution in [0.2, 0.25) is 0 Å². The minimum atomic E-state index is -0.0157. The molecule has 2 saturated carbocycles. The Morgan fingerprint density at radius 1 is 1.18 bits per heavy atom. The summed E-state index contributed by atoms with van der Waals surface area (Å²) in [4.78, 5) is 2.83. The van der Waals surface area contributed by atoms with E-state index in [0.29, 0.717) is 29.5 Å². The number of phenols is 1. The first-order valence-corrected chi connectivity index (χ1v) is 11.1. The average Bonchev–Trinajstić information content (AvgIpc) is 3.46. The van der Waals surface area contributed by atoms with Crippen molar-refractivity contribution in [3.05, 3.63) is 23.3 Å². The first kappa shape index (κ1) is 18.7. The fraction of sp³-hybridized carbons (Fsp3) is 0.750. The molecule has 1 saturated heterocycles. The Morgan fingerprint density at radius 2 is 1.93 bits per heavy atom. The lowest BCUT2D eigenvalue weighted by Gasteiger charge is -2.83. The van der Waals surface area contributed by atoms with Gasteiger partial charge in [-0.25, -0.2) is 0 Å². The van der Waals surface area contributed by atoms with Crippen LogP contribution in [-0.4, -0.2) is 49.0 Å². The summed E-state index contributed by atoms with van der Waals surface area (Å²) in [5.41, 5.74) is 2.72. The maximum Gasteiger partial charge on any atom is 0.161 e. The average molecular weight is 386 g/mol. The smallest absolute Gasteiger partial charge is 0.161 e. The lowest BCUT2D eigenvalue weighted by atomic mass is 9.30. The van der Waals surface area contributed by atoms with Crippen molar-refractivity contribution in [2.45, 2.75) is 76.5 Å². The summed E-state index contributed by atoms with van der Waals surface area (Å²) >= 11 is 0. The largest absolute Gasteiger partial charge is 0.504 e. The number of aromatic hydroxyl groups is 1. The molecule has 28 heavy (non-hydrogen) atoms. The van der Waals surface area contributed by atoms with Gasteiger partial charge in [0.15, 0.2) is 11.5 Å². The van der Waals surface area contributed by atoms with E-state index in [9.17, 15) is 5.11 Å². The zero-order chi connectivity index (χ0) is 19.8. The molecule has 154 valence electrons. The van der Waals surface area contributed by atoms with E-state index < -0.39 is 0 Å². The van der Waals surface area contributed by atoms with Crippen molar-refractivity contribution in [3.63, 3.8) is 0 Å². The Kier molecular flexibility index (Phi) is 4.10. The van der Waals surface area contributed by atoms with Crippen LogP contribution < -0.4 is 4.74 Å². The summed E-state index contributed by atoms with van der Waals surface area (Å²) in [7, 11) is 3.46. The van der Waals surface area contributed by atoms with E-state index in [1.165, 1.54) is 30.5 Å². The monoisotopic (exact) mass is 385 g/mol. The number of rotatable bonds is 7. The maximum absolute atomic E-state index is 11.2. The molecule has 1 aliphatic heterocycles. The second kappa shape index (κ2) is 6.12. The molecular formula is C24H35NO3. The van der Waals surface area contributed by atoms with Crippen LogP contribution in [0.15, 0.2) is 12.1 Å². The molecule has 0 radical (unpaired) electrons. The van der Waals surface area contributed by atoms with Gasteiger partial charge in [0.25, 0.3) is 0 Å². The summed E-state index contributed by atoms with van der Waals surface area (Å²) in [6, 6.07) is 5.40. The molecule has 4 heteroatoms. The zero-order valence-electron chi connectivity index (χ0n) is 18.0. The van der Waals surface area contributed by atoms with Crippen molar-refractivity contribution in [2.24, 2.45) is 17.3 Å². The SMILES string of the molecule is COc1ccc2c(c1O)C1(CC(C)OC)CC3N(CC4CC4)C(C2)[C@@]31C(C)C. The predicted molar refractivity (Wildman–Crippen MR) is 110 cm³/mol. The maximum atomic E-state index is 11.2. The molecule has 4 aliphatic rings. The van der Waals surface area contributed by atoms with E-state index in [-0.39, 0.29) is 16.9 Å². The summed E-state index contributed by atoms with van der Waals surface area (Å²) in [5, 5.41) is 11.2. The van der Waals surface area contributed by atoms with Crippen LogP contribution in [0, 0.1) is 17.3 Å². The van der Waals surface area contributed by atoms with Crippen molar-refractivity contribution in [1.82, 2.24) is 4.90 Å². The van der Waals surface area contributed by atoms with E-state index in [1.807, 2.05) is 13.2 Å². The van der Waals surface area contributed by atoms with Gasteiger partial charge in [-0.2, -0.15) is 0 Å². The molecule has 1 heterocycles. The number of piperidine rings is 1. The topological polar surface area (TPSA) is 41.9 Å². The molecule has 1 aromatic carbocycles. The highest BCUT2D eigenvalue weighted by molar-refractivity contribution is 5.61. The Balaban J connectivity index is 1.66. The molecule has 4 nitrogen and oxygen atoms in total. The van der Waals surface area contributed by atoms with E-state index in [0.717, 1.165) is 25.2 Å². The van der Waals surface area contributed by atoms with Crippen molar-refractivity contribution in [1.29, 1.82) is 0 Å². The Morgan fingerprint density at radius 3 is 2.54 bits per heavy atom. The van der Waals surface area contributed by atoms with Gasteiger partial charge in [-0.1, -0.05) is 19.9 Å². The van der Waals surface area contributed by atoms with E-state index in [4.69, 9.17) is 9.47 Å². The molecule has 1 N–H and O–H groups in total. The number of hydrogen-bond acceptors (Lipinski definition) is 4. The van der Waals surface area contributed by atoms with Gasteiger partial charge in [0.05, 0.1) is 13.2 Å². The summed E-state index contributed by atoms with van der Waals surface area (Å²) in [6.07, 6.45) is 6.15. The van der Waals surface area contributed by atoms with Gasteiger partial charge < -0.3 is 14.6 Å². The lowest BCUT2D eigenvalue weighted by Crippen LogP contribution is -2.89. The second-order valence-electron chi connectivity index (χ2n) is 10.2. The number of nitrogens with zero attached hydrogens (tertiary/aromatic N) is 1. The van der Waals surface area contributed by atoms with Crippen LogP contribution in [0.3, 0.4) is 0 Å². The van der Waals surface area contributed by atoms with Crippen LogP contribution in [0.5, 0.6) is 11.5 Å². The Bertz CT molecular complexity index is 788. The number of methoxy groups -OCH3 is 2. The highest BCUT2D eigenvalue weighted by atomic mass is 16.5. The van der Waals surface area contributed by atoms with Crippen LogP contribution in [-0.2, 0) is 16.6 Å². The molecule has 1 aromatic rings. The van der Waals surface area contributed by atoms with E-state index >= 15 is 0 Å². The van der Waals surface area contributed by atoms with Crippen molar-refractivity contribution < 1.29 is 14.6 Å². The third-order valence-electron chi connectivity index (χ3n) is 8.77. The van der Waals surface area contributed by atoms with Gasteiger partial charge >= 0.3 is 0 Å². The van der Waals surface area contributed by atoms with Gasteiger partial charge in [-0.05, 0) is 62.5 Å². The highest BCUT2D eigenvalue weighted by Gasteiger charge is 2.80. The number of hydrogen-bond donors (Lipinski definition) is 1. The van der Waals surface area contributed by atoms with Crippen LogP contribution in [0.4, 0.5) is 0 Å². The standard InChI is InChI=1S/C24H35NO3/c1-14(2)24-19-10-17-8-9-18(28-5)22(26)21(17)23(24,11-15(3)27-4)12-20(24)25(19)13-16-6-7-16/h8-9,14-16,19-20,26H,6-7,10-13H2,1-5H3/t15?,19?,20?,23?,24-/m0/s1. The van der Waals surface area contributed by atoms with E-state index in [1.54, 1.807) is 7.11 Å². The van der Waals surface area contributed by atoms with Crippen LogP contribution >= 0.6 is 0 Å².